The summed E-state index contributed by atoms with van der Waals surface area (Å²) in [4.78, 5) is 34.5. The molecule has 0 spiro atoms. The fourth-order valence-corrected chi connectivity index (χ4v) is 4.16. The van der Waals surface area contributed by atoms with Gasteiger partial charge in [-0.1, -0.05) is 6.58 Å². The Kier molecular flexibility index (Phi) is 9.22. The van der Waals surface area contributed by atoms with Crippen LogP contribution in [0.15, 0.2) is 35.0 Å². The molecule has 178 valence electrons. The molecule has 3 N–H and O–H groups in total. The van der Waals surface area contributed by atoms with Crippen molar-refractivity contribution < 1.29 is 14.3 Å². The van der Waals surface area contributed by atoms with Gasteiger partial charge in [-0.15, -0.1) is 0 Å². The van der Waals surface area contributed by atoms with E-state index >= 15 is 0 Å². The lowest BCUT2D eigenvalue weighted by Crippen LogP contribution is -2.47. The SMILES string of the molecule is C=CC(=O)Nc1ccnc(Sc2c(OC)nc(N3CCN(CCCCN)CC3)nc2OC)n1. The van der Waals surface area contributed by atoms with Crippen molar-refractivity contribution in [2.75, 3.05) is 63.7 Å². The van der Waals surface area contributed by atoms with Gasteiger partial charge in [0.1, 0.15) is 10.7 Å². The molecule has 1 fully saturated rings. The number of carbonyl (C=O) groups excluding carboxylic acids is 1. The Morgan fingerprint density at radius 1 is 1.18 bits per heavy atom. The van der Waals surface area contributed by atoms with Gasteiger partial charge in [-0.25, -0.2) is 9.97 Å². The second-order valence-corrected chi connectivity index (χ2v) is 8.19. The van der Waals surface area contributed by atoms with E-state index < -0.39 is 0 Å². The zero-order valence-corrected chi connectivity index (χ0v) is 19.8. The van der Waals surface area contributed by atoms with Crippen LogP contribution >= 0.6 is 11.8 Å². The molecule has 33 heavy (non-hydrogen) atoms. The number of piperazine rings is 1. The van der Waals surface area contributed by atoms with Crippen LogP contribution in [-0.4, -0.2) is 84.2 Å². The van der Waals surface area contributed by atoms with Crippen LogP contribution in [-0.2, 0) is 4.79 Å². The highest BCUT2D eigenvalue weighted by Gasteiger charge is 2.24. The predicted molar refractivity (Wildman–Crippen MR) is 127 cm³/mol. The first-order valence-electron chi connectivity index (χ1n) is 10.7. The van der Waals surface area contributed by atoms with E-state index in [9.17, 15) is 4.79 Å². The maximum Gasteiger partial charge on any atom is 0.248 e. The fraction of sp³-hybridized carbons (Fsp3) is 0.476. The van der Waals surface area contributed by atoms with Crippen LogP contribution in [0.2, 0.25) is 0 Å². The zero-order valence-electron chi connectivity index (χ0n) is 19.0. The molecule has 2 aromatic heterocycles. The lowest BCUT2D eigenvalue weighted by atomic mass is 10.2. The molecule has 0 bridgehead atoms. The van der Waals surface area contributed by atoms with Crippen LogP contribution < -0.4 is 25.4 Å². The largest absolute Gasteiger partial charge is 0.480 e. The summed E-state index contributed by atoms with van der Waals surface area (Å²) >= 11 is 1.19. The second-order valence-electron chi connectivity index (χ2n) is 7.22. The third kappa shape index (κ3) is 6.76. The summed E-state index contributed by atoms with van der Waals surface area (Å²) in [7, 11) is 3.10. The molecule has 0 unspecified atom stereocenters. The maximum atomic E-state index is 11.6. The summed E-state index contributed by atoms with van der Waals surface area (Å²) in [6.07, 6.45) is 4.88. The molecule has 0 aliphatic carbocycles. The minimum atomic E-state index is -0.355. The van der Waals surface area contributed by atoms with E-state index in [1.165, 1.54) is 17.8 Å². The first-order chi connectivity index (χ1) is 16.1. The third-order valence-electron chi connectivity index (χ3n) is 5.03. The molecule has 1 amide bonds. The normalized spacial score (nSPS) is 14.1. The number of rotatable bonds is 11. The number of nitrogens with zero attached hydrogens (tertiary/aromatic N) is 6. The number of hydrogen-bond acceptors (Lipinski definition) is 11. The number of carbonyl (C=O) groups is 1. The van der Waals surface area contributed by atoms with Gasteiger partial charge in [-0.3, -0.25) is 9.69 Å². The molecule has 1 aliphatic rings. The van der Waals surface area contributed by atoms with Crippen molar-refractivity contribution in [2.45, 2.75) is 22.9 Å². The minimum absolute atomic E-state index is 0.355. The molecule has 1 aliphatic heterocycles. The van der Waals surface area contributed by atoms with Crippen LogP contribution in [0, 0.1) is 0 Å². The van der Waals surface area contributed by atoms with Crippen molar-refractivity contribution in [3.05, 3.63) is 24.9 Å². The molecule has 0 saturated carbocycles. The molecule has 12 heteroatoms. The van der Waals surface area contributed by atoms with E-state index in [1.54, 1.807) is 26.5 Å². The van der Waals surface area contributed by atoms with Crippen LogP contribution in [0.5, 0.6) is 11.8 Å². The van der Waals surface area contributed by atoms with Crippen molar-refractivity contribution in [2.24, 2.45) is 5.73 Å². The van der Waals surface area contributed by atoms with Crippen LogP contribution in [0.3, 0.4) is 0 Å². The van der Waals surface area contributed by atoms with E-state index in [4.69, 9.17) is 15.2 Å². The fourth-order valence-electron chi connectivity index (χ4n) is 3.28. The van der Waals surface area contributed by atoms with Gasteiger partial charge in [0.25, 0.3) is 0 Å². The Balaban J connectivity index is 1.75. The molecule has 2 aromatic rings. The molecular formula is C21H30N8O3S. The average Bonchev–Trinajstić information content (AvgIpc) is 2.84. The molecule has 0 atom stereocenters. The number of ether oxygens (including phenoxy) is 2. The van der Waals surface area contributed by atoms with E-state index in [1.807, 2.05) is 0 Å². The van der Waals surface area contributed by atoms with Crippen molar-refractivity contribution in [3.63, 3.8) is 0 Å². The maximum absolute atomic E-state index is 11.6. The first kappa shape index (κ1) is 24.7. The number of nitrogens with one attached hydrogen (secondary N) is 1. The molecule has 3 rings (SSSR count). The summed E-state index contributed by atoms with van der Waals surface area (Å²) in [6.45, 7) is 8.73. The second kappa shape index (κ2) is 12.3. The topological polar surface area (TPSA) is 132 Å². The standard InChI is InChI=1S/C21H30N8O3S/c1-4-16(30)24-15-7-9-23-21(25-15)33-17-18(31-2)26-20(27-19(17)32-3)29-13-11-28(12-14-29)10-6-5-8-22/h4,7,9H,1,5-6,8,10-14,22H2,2-3H3,(H,23,24,25,30). The lowest BCUT2D eigenvalue weighted by Gasteiger charge is -2.34. The number of methoxy groups -OCH3 is 2. The highest BCUT2D eigenvalue weighted by atomic mass is 32.2. The Bertz CT molecular complexity index is 928. The third-order valence-corrected chi connectivity index (χ3v) is 5.96. The first-order valence-corrected chi connectivity index (χ1v) is 11.5. The van der Waals surface area contributed by atoms with Crippen molar-refractivity contribution in [3.8, 4) is 11.8 Å². The highest BCUT2D eigenvalue weighted by molar-refractivity contribution is 7.99. The van der Waals surface area contributed by atoms with Gasteiger partial charge in [0.2, 0.25) is 23.6 Å². The van der Waals surface area contributed by atoms with Crippen molar-refractivity contribution in [1.29, 1.82) is 0 Å². The number of anilines is 2. The smallest absolute Gasteiger partial charge is 0.248 e. The summed E-state index contributed by atoms with van der Waals surface area (Å²) < 4.78 is 11.1. The Morgan fingerprint density at radius 2 is 1.88 bits per heavy atom. The number of nitrogens with two attached hydrogens (primary N) is 1. The number of aromatic nitrogens is 4. The van der Waals surface area contributed by atoms with E-state index in [-0.39, 0.29) is 5.91 Å². The average molecular weight is 475 g/mol. The van der Waals surface area contributed by atoms with Crippen LogP contribution in [0.4, 0.5) is 11.8 Å². The highest BCUT2D eigenvalue weighted by Crippen LogP contribution is 2.39. The molecule has 11 nitrogen and oxygen atoms in total. The molecule has 0 radical (unpaired) electrons. The summed E-state index contributed by atoms with van der Waals surface area (Å²) in [5, 5.41) is 3.00. The number of hydrogen-bond donors (Lipinski definition) is 2. The van der Waals surface area contributed by atoms with E-state index in [0.29, 0.717) is 33.6 Å². The number of amides is 1. The Hall–Kier alpha value is -2.96. The molecule has 0 aromatic carbocycles. The van der Waals surface area contributed by atoms with E-state index in [2.05, 4.69) is 41.6 Å². The summed E-state index contributed by atoms with van der Waals surface area (Å²) in [6, 6.07) is 1.59. The van der Waals surface area contributed by atoms with Gasteiger partial charge >= 0.3 is 0 Å². The predicted octanol–water partition coefficient (Wildman–Crippen LogP) is 1.42. The lowest BCUT2D eigenvalue weighted by molar-refractivity contribution is -0.111. The molecular weight excluding hydrogens is 444 g/mol. The molecule has 3 heterocycles. The van der Waals surface area contributed by atoms with Gasteiger partial charge < -0.3 is 25.4 Å². The Morgan fingerprint density at radius 3 is 2.48 bits per heavy atom. The minimum Gasteiger partial charge on any atom is -0.480 e. The molecule has 1 saturated heterocycles. The van der Waals surface area contributed by atoms with Crippen LogP contribution in [0.1, 0.15) is 12.8 Å². The van der Waals surface area contributed by atoms with E-state index in [0.717, 1.165) is 52.1 Å². The van der Waals surface area contributed by atoms with Gasteiger partial charge in [0.05, 0.1) is 14.2 Å². The monoisotopic (exact) mass is 474 g/mol. The van der Waals surface area contributed by atoms with Gasteiger partial charge in [0.15, 0.2) is 5.16 Å². The number of unbranched alkanes of at least 4 members (excludes halogenated alkanes) is 1. The summed E-state index contributed by atoms with van der Waals surface area (Å²) in [5.74, 6) is 1.31. The zero-order chi connectivity index (χ0) is 23.6. The van der Waals surface area contributed by atoms with Gasteiger partial charge in [-0.2, -0.15) is 9.97 Å². The van der Waals surface area contributed by atoms with Crippen molar-refractivity contribution in [1.82, 2.24) is 24.8 Å². The quantitative estimate of drug-likeness (QED) is 0.278. The van der Waals surface area contributed by atoms with Crippen molar-refractivity contribution >= 4 is 29.4 Å². The van der Waals surface area contributed by atoms with Crippen LogP contribution in [0.25, 0.3) is 0 Å². The van der Waals surface area contributed by atoms with Gasteiger partial charge in [0, 0.05) is 32.4 Å². The van der Waals surface area contributed by atoms with Gasteiger partial charge in [-0.05, 0) is 49.8 Å². The summed E-state index contributed by atoms with van der Waals surface area (Å²) in [5.41, 5.74) is 5.59. The Labute approximate surface area is 197 Å².